The minimum atomic E-state index is -0.927. The number of hydrogen-bond donors (Lipinski definition) is 1. The number of nitrogens with zero attached hydrogens (tertiary/aromatic N) is 3. The quantitative estimate of drug-likeness (QED) is 0.679. The summed E-state index contributed by atoms with van der Waals surface area (Å²) in [6.07, 6.45) is 1.62. The molecule has 0 bridgehead atoms. The number of nitrogen functional groups attached to an aromatic ring is 1. The van der Waals surface area contributed by atoms with E-state index >= 15 is 0 Å². The number of carbonyl (C=O) groups is 1. The maximum atomic E-state index is 12.1. The van der Waals surface area contributed by atoms with Crippen LogP contribution in [-0.2, 0) is 15.1 Å². The molecule has 106 valence electrons. The standard InChI is InChI=1S/C14H18N4O2/c1-4-20-13(19)14(2,3)18-12(9-16-17-18)10-5-7-11(15)8-6-10/h5-9H,4,15H2,1-3H3. The van der Waals surface area contributed by atoms with Gasteiger partial charge in [-0.25, -0.2) is 9.48 Å². The Hall–Kier alpha value is -2.37. The maximum Gasteiger partial charge on any atom is 0.333 e. The molecule has 0 saturated heterocycles. The average molecular weight is 274 g/mol. The topological polar surface area (TPSA) is 83.0 Å². The molecule has 0 spiro atoms. The Labute approximate surface area is 117 Å². The smallest absolute Gasteiger partial charge is 0.333 e. The number of carbonyl (C=O) groups excluding carboxylic acids is 1. The van der Waals surface area contributed by atoms with Crippen molar-refractivity contribution in [2.24, 2.45) is 0 Å². The Kier molecular flexibility index (Phi) is 3.74. The molecule has 0 amide bonds. The zero-order valence-corrected chi connectivity index (χ0v) is 11.8. The molecule has 0 fully saturated rings. The van der Waals surface area contributed by atoms with Gasteiger partial charge < -0.3 is 10.5 Å². The van der Waals surface area contributed by atoms with Gasteiger partial charge in [0.1, 0.15) is 0 Å². The van der Waals surface area contributed by atoms with Gasteiger partial charge in [-0.1, -0.05) is 17.3 Å². The van der Waals surface area contributed by atoms with E-state index < -0.39 is 5.54 Å². The summed E-state index contributed by atoms with van der Waals surface area (Å²) in [5, 5.41) is 7.93. The zero-order valence-electron chi connectivity index (χ0n) is 11.8. The Morgan fingerprint density at radius 1 is 1.35 bits per heavy atom. The van der Waals surface area contributed by atoms with Crippen LogP contribution in [0.4, 0.5) is 5.69 Å². The van der Waals surface area contributed by atoms with Crippen LogP contribution in [0, 0.1) is 0 Å². The third-order valence-electron chi connectivity index (χ3n) is 3.06. The molecule has 0 atom stereocenters. The fourth-order valence-corrected chi connectivity index (χ4v) is 1.89. The molecule has 6 nitrogen and oxygen atoms in total. The summed E-state index contributed by atoms with van der Waals surface area (Å²) in [6.45, 7) is 5.60. The predicted octanol–water partition coefficient (Wildman–Crippen LogP) is 1.83. The first-order valence-electron chi connectivity index (χ1n) is 6.41. The van der Waals surface area contributed by atoms with Crippen molar-refractivity contribution >= 4 is 11.7 Å². The number of rotatable bonds is 4. The van der Waals surface area contributed by atoms with Crippen molar-refractivity contribution in [1.82, 2.24) is 15.0 Å². The average Bonchev–Trinajstić information content (AvgIpc) is 2.89. The second-order valence-corrected chi connectivity index (χ2v) is 4.93. The monoisotopic (exact) mass is 274 g/mol. The molecule has 0 aliphatic heterocycles. The molecule has 20 heavy (non-hydrogen) atoms. The first-order chi connectivity index (χ1) is 9.46. The van der Waals surface area contributed by atoms with Crippen LogP contribution in [0.5, 0.6) is 0 Å². The van der Waals surface area contributed by atoms with Crippen LogP contribution in [0.1, 0.15) is 20.8 Å². The molecule has 1 aromatic heterocycles. The van der Waals surface area contributed by atoms with Gasteiger partial charge in [0.25, 0.3) is 0 Å². The molecule has 2 N–H and O–H groups in total. The SMILES string of the molecule is CCOC(=O)C(C)(C)n1nncc1-c1ccc(N)cc1. The lowest BCUT2D eigenvalue weighted by molar-refractivity contribution is -0.152. The number of anilines is 1. The molecule has 0 radical (unpaired) electrons. The first-order valence-corrected chi connectivity index (χ1v) is 6.41. The molecule has 2 aromatic rings. The van der Waals surface area contributed by atoms with E-state index in [0.29, 0.717) is 12.3 Å². The maximum absolute atomic E-state index is 12.1. The zero-order chi connectivity index (χ0) is 14.8. The largest absolute Gasteiger partial charge is 0.464 e. The van der Waals surface area contributed by atoms with Gasteiger partial charge >= 0.3 is 5.97 Å². The van der Waals surface area contributed by atoms with Gasteiger partial charge in [-0.05, 0) is 32.9 Å². The number of esters is 1. The lowest BCUT2D eigenvalue weighted by Gasteiger charge is -2.24. The van der Waals surface area contributed by atoms with E-state index in [4.69, 9.17) is 10.5 Å². The summed E-state index contributed by atoms with van der Waals surface area (Å²) in [4.78, 5) is 12.1. The predicted molar refractivity (Wildman–Crippen MR) is 75.8 cm³/mol. The van der Waals surface area contributed by atoms with E-state index in [2.05, 4.69) is 10.3 Å². The molecule has 0 aliphatic rings. The van der Waals surface area contributed by atoms with Gasteiger partial charge in [0.2, 0.25) is 0 Å². The van der Waals surface area contributed by atoms with Crippen LogP contribution in [0.25, 0.3) is 11.3 Å². The van der Waals surface area contributed by atoms with Crippen LogP contribution < -0.4 is 5.73 Å². The molecule has 6 heteroatoms. The third-order valence-corrected chi connectivity index (χ3v) is 3.06. The highest BCUT2D eigenvalue weighted by atomic mass is 16.5. The molecule has 0 aliphatic carbocycles. The van der Waals surface area contributed by atoms with E-state index in [-0.39, 0.29) is 5.97 Å². The minimum absolute atomic E-state index is 0.328. The fraction of sp³-hybridized carbons (Fsp3) is 0.357. The number of hydrogen-bond acceptors (Lipinski definition) is 5. The molecule has 1 aromatic carbocycles. The Morgan fingerprint density at radius 3 is 2.60 bits per heavy atom. The fourth-order valence-electron chi connectivity index (χ4n) is 1.89. The van der Waals surface area contributed by atoms with Crippen molar-refractivity contribution in [3.63, 3.8) is 0 Å². The van der Waals surface area contributed by atoms with Crippen molar-refractivity contribution in [2.45, 2.75) is 26.3 Å². The Balaban J connectivity index is 2.42. The highest BCUT2D eigenvalue weighted by molar-refractivity contribution is 5.79. The molecule has 1 heterocycles. The van der Waals surface area contributed by atoms with Crippen molar-refractivity contribution in [3.8, 4) is 11.3 Å². The van der Waals surface area contributed by atoms with Crippen LogP contribution in [0.15, 0.2) is 30.5 Å². The number of nitrogens with two attached hydrogens (primary N) is 1. The number of aromatic nitrogens is 3. The van der Waals surface area contributed by atoms with Crippen molar-refractivity contribution in [2.75, 3.05) is 12.3 Å². The second kappa shape index (κ2) is 5.32. The summed E-state index contributed by atoms with van der Waals surface area (Å²) in [5.74, 6) is -0.345. The molecule has 0 saturated carbocycles. The normalized spacial score (nSPS) is 11.3. The summed E-state index contributed by atoms with van der Waals surface area (Å²) in [6, 6.07) is 7.32. The van der Waals surface area contributed by atoms with Gasteiger partial charge in [-0.2, -0.15) is 0 Å². The van der Waals surface area contributed by atoms with Gasteiger partial charge in [0.05, 0.1) is 18.5 Å². The molecule has 2 rings (SSSR count). The number of benzene rings is 1. The van der Waals surface area contributed by atoms with Gasteiger partial charge in [-0.3, -0.25) is 0 Å². The van der Waals surface area contributed by atoms with Gasteiger partial charge in [0, 0.05) is 11.3 Å². The van der Waals surface area contributed by atoms with Crippen LogP contribution in [-0.4, -0.2) is 27.6 Å². The molecule has 0 unspecified atom stereocenters. The summed E-state index contributed by atoms with van der Waals surface area (Å²) < 4.78 is 6.66. The number of ether oxygens (including phenoxy) is 1. The van der Waals surface area contributed by atoms with Crippen molar-refractivity contribution in [1.29, 1.82) is 0 Å². The Bertz CT molecular complexity index is 602. The van der Waals surface area contributed by atoms with E-state index in [1.54, 1.807) is 43.8 Å². The van der Waals surface area contributed by atoms with Crippen LogP contribution in [0.3, 0.4) is 0 Å². The molecular weight excluding hydrogens is 256 g/mol. The lowest BCUT2D eigenvalue weighted by atomic mass is 10.0. The summed E-state index contributed by atoms with van der Waals surface area (Å²) >= 11 is 0. The van der Waals surface area contributed by atoms with Gasteiger partial charge in [-0.15, -0.1) is 5.10 Å². The van der Waals surface area contributed by atoms with Crippen LogP contribution in [0.2, 0.25) is 0 Å². The highest BCUT2D eigenvalue weighted by Crippen LogP contribution is 2.26. The van der Waals surface area contributed by atoms with E-state index in [1.165, 1.54) is 0 Å². The van der Waals surface area contributed by atoms with Crippen molar-refractivity contribution < 1.29 is 9.53 Å². The summed E-state index contributed by atoms with van der Waals surface area (Å²) in [7, 11) is 0. The minimum Gasteiger partial charge on any atom is -0.464 e. The van der Waals surface area contributed by atoms with E-state index in [0.717, 1.165) is 11.3 Å². The first kappa shape index (κ1) is 14.0. The van der Waals surface area contributed by atoms with Crippen LogP contribution >= 0.6 is 0 Å². The third kappa shape index (κ3) is 2.49. The van der Waals surface area contributed by atoms with Crippen molar-refractivity contribution in [3.05, 3.63) is 30.5 Å². The lowest BCUT2D eigenvalue weighted by Crippen LogP contribution is -2.38. The Morgan fingerprint density at radius 2 is 2.00 bits per heavy atom. The molecular formula is C14H18N4O2. The second-order valence-electron chi connectivity index (χ2n) is 4.93. The van der Waals surface area contributed by atoms with Gasteiger partial charge in [0.15, 0.2) is 5.54 Å². The highest BCUT2D eigenvalue weighted by Gasteiger charge is 2.34. The van der Waals surface area contributed by atoms with E-state index in [1.807, 2.05) is 12.1 Å². The van der Waals surface area contributed by atoms with E-state index in [9.17, 15) is 4.79 Å². The summed E-state index contributed by atoms with van der Waals surface area (Å²) in [5.41, 5.74) is 7.06.